The summed E-state index contributed by atoms with van der Waals surface area (Å²) in [7, 11) is 1.57. The van der Waals surface area contributed by atoms with E-state index in [9.17, 15) is 9.59 Å². The molecule has 0 aliphatic heterocycles. The zero-order valence-electron chi connectivity index (χ0n) is 15.0. The second kappa shape index (κ2) is 8.46. The largest absolute Gasteiger partial charge is 0.360 e. The number of nitrogens with one attached hydrogen (secondary N) is 1. The number of aryl methyl sites for hydroxylation is 1. The van der Waals surface area contributed by atoms with Crippen LogP contribution in [0.25, 0.3) is 16.5 Å². The van der Waals surface area contributed by atoms with Gasteiger partial charge in [0.1, 0.15) is 5.76 Å². The van der Waals surface area contributed by atoms with Crippen molar-refractivity contribution in [3.05, 3.63) is 65.2 Å². The number of thiophene rings is 1. The Bertz CT molecular complexity index is 960. The molecule has 27 heavy (non-hydrogen) atoms. The van der Waals surface area contributed by atoms with Crippen LogP contribution in [0.5, 0.6) is 0 Å². The standard InChI is InChI=1S/C20H19N3O3S/c1-14-12-18(22-26-14)21-19(24)13-23(2)20(25)11-9-16-8-10-17(27-16)15-6-4-3-5-7-15/h3-12H,13H2,1-2H3,(H,21,22,24)/b11-9+. The first-order valence-corrected chi connectivity index (χ1v) is 9.14. The first-order valence-electron chi connectivity index (χ1n) is 8.33. The molecule has 2 aromatic heterocycles. The van der Waals surface area contributed by atoms with Gasteiger partial charge in [-0.05, 0) is 30.7 Å². The molecule has 0 fully saturated rings. The Morgan fingerprint density at radius 1 is 1.22 bits per heavy atom. The maximum Gasteiger partial charge on any atom is 0.246 e. The number of anilines is 1. The smallest absolute Gasteiger partial charge is 0.246 e. The third-order valence-corrected chi connectivity index (χ3v) is 4.83. The minimum Gasteiger partial charge on any atom is -0.360 e. The third kappa shape index (κ3) is 5.15. The zero-order valence-corrected chi connectivity index (χ0v) is 15.8. The molecule has 2 heterocycles. The van der Waals surface area contributed by atoms with Crippen LogP contribution in [0.1, 0.15) is 10.6 Å². The topological polar surface area (TPSA) is 75.4 Å². The minimum absolute atomic E-state index is 0.0746. The molecule has 6 nitrogen and oxygen atoms in total. The summed E-state index contributed by atoms with van der Waals surface area (Å²) in [6, 6.07) is 15.7. The highest BCUT2D eigenvalue weighted by Gasteiger charge is 2.12. The number of hydrogen-bond acceptors (Lipinski definition) is 5. The molecular formula is C20H19N3O3S. The minimum atomic E-state index is -0.338. The molecule has 1 N–H and O–H groups in total. The van der Waals surface area contributed by atoms with E-state index in [0.717, 1.165) is 15.3 Å². The van der Waals surface area contributed by atoms with E-state index < -0.39 is 0 Å². The second-order valence-electron chi connectivity index (χ2n) is 5.97. The summed E-state index contributed by atoms with van der Waals surface area (Å²) in [4.78, 5) is 27.6. The van der Waals surface area contributed by atoms with Crippen molar-refractivity contribution in [2.75, 3.05) is 18.9 Å². The van der Waals surface area contributed by atoms with Gasteiger partial charge in [-0.2, -0.15) is 0 Å². The lowest BCUT2D eigenvalue weighted by Gasteiger charge is -2.13. The quantitative estimate of drug-likeness (QED) is 0.659. The monoisotopic (exact) mass is 381 g/mol. The first-order chi connectivity index (χ1) is 13.0. The van der Waals surface area contributed by atoms with Gasteiger partial charge in [-0.1, -0.05) is 35.5 Å². The number of amides is 2. The van der Waals surface area contributed by atoms with Gasteiger partial charge >= 0.3 is 0 Å². The van der Waals surface area contributed by atoms with Gasteiger partial charge in [0.2, 0.25) is 11.8 Å². The second-order valence-corrected chi connectivity index (χ2v) is 7.08. The Hall–Kier alpha value is -3.19. The Morgan fingerprint density at radius 2 is 2.00 bits per heavy atom. The fourth-order valence-corrected chi connectivity index (χ4v) is 3.30. The van der Waals surface area contributed by atoms with Gasteiger partial charge in [-0.25, -0.2) is 0 Å². The molecular weight excluding hydrogens is 362 g/mol. The van der Waals surface area contributed by atoms with Crippen LogP contribution in [0.15, 0.2) is 59.1 Å². The highest BCUT2D eigenvalue weighted by atomic mass is 32.1. The van der Waals surface area contributed by atoms with E-state index in [0.29, 0.717) is 11.6 Å². The molecule has 0 aliphatic carbocycles. The van der Waals surface area contributed by atoms with Crippen molar-refractivity contribution in [3.8, 4) is 10.4 Å². The van der Waals surface area contributed by atoms with E-state index in [1.54, 1.807) is 37.5 Å². The normalized spacial score (nSPS) is 10.9. The number of hydrogen-bond donors (Lipinski definition) is 1. The lowest BCUT2D eigenvalue weighted by Crippen LogP contribution is -2.33. The lowest BCUT2D eigenvalue weighted by atomic mass is 10.2. The molecule has 0 bridgehead atoms. The zero-order chi connectivity index (χ0) is 19.2. The van der Waals surface area contributed by atoms with Crippen molar-refractivity contribution < 1.29 is 14.1 Å². The molecule has 2 amide bonds. The van der Waals surface area contributed by atoms with Crippen LogP contribution in [0.2, 0.25) is 0 Å². The summed E-state index contributed by atoms with van der Waals surface area (Å²) in [6.07, 6.45) is 3.23. The van der Waals surface area contributed by atoms with Gasteiger partial charge in [-0.3, -0.25) is 9.59 Å². The molecule has 1 aromatic carbocycles. The molecule has 138 valence electrons. The molecule has 0 unspecified atom stereocenters. The highest BCUT2D eigenvalue weighted by Crippen LogP contribution is 2.28. The predicted octanol–water partition coefficient (Wildman–Crippen LogP) is 3.82. The SMILES string of the molecule is Cc1cc(NC(=O)CN(C)C(=O)/C=C/c2ccc(-c3ccccc3)s2)no1. The fourth-order valence-electron chi connectivity index (χ4n) is 2.38. The van der Waals surface area contributed by atoms with E-state index in [1.807, 2.05) is 42.5 Å². The van der Waals surface area contributed by atoms with Crippen LogP contribution < -0.4 is 5.32 Å². The summed E-state index contributed by atoms with van der Waals surface area (Å²) >= 11 is 1.60. The van der Waals surface area contributed by atoms with Crippen molar-refractivity contribution >= 4 is 35.0 Å². The highest BCUT2D eigenvalue weighted by molar-refractivity contribution is 7.16. The molecule has 0 saturated carbocycles. The number of aromatic nitrogens is 1. The average Bonchev–Trinajstić information content (AvgIpc) is 3.29. The number of likely N-dealkylation sites (N-methyl/N-ethyl adjacent to an activating group) is 1. The Kier molecular flexibility index (Phi) is 5.83. The molecule has 3 aromatic rings. The number of benzene rings is 1. The van der Waals surface area contributed by atoms with Crippen LogP contribution in [0, 0.1) is 6.92 Å². The molecule has 3 rings (SSSR count). The number of rotatable bonds is 6. The Labute approximate surface area is 161 Å². The van der Waals surface area contributed by atoms with Crippen LogP contribution in [0.3, 0.4) is 0 Å². The molecule has 0 saturated heterocycles. The average molecular weight is 381 g/mol. The molecule has 7 heteroatoms. The summed E-state index contributed by atoms with van der Waals surface area (Å²) in [6.45, 7) is 1.66. The van der Waals surface area contributed by atoms with Crippen molar-refractivity contribution in [2.24, 2.45) is 0 Å². The number of carbonyl (C=O) groups excluding carboxylic acids is 2. The Balaban J connectivity index is 1.54. The third-order valence-electron chi connectivity index (χ3n) is 3.73. The molecule has 0 aliphatic rings. The maximum atomic E-state index is 12.2. The summed E-state index contributed by atoms with van der Waals surface area (Å²) in [5, 5.41) is 6.27. The maximum absolute atomic E-state index is 12.2. The van der Waals surface area contributed by atoms with Gasteiger partial charge in [0, 0.05) is 28.9 Å². The molecule has 0 atom stereocenters. The molecule has 0 radical (unpaired) electrons. The van der Waals surface area contributed by atoms with Crippen LogP contribution in [-0.2, 0) is 9.59 Å². The van der Waals surface area contributed by atoms with E-state index >= 15 is 0 Å². The van der Waals surface area contributed by atoms with E-state index in [4.69, 9.17) is 4.52 Å². The summed E-state index contributed by atoms with van der Waals surface area (Å²) in [5.41, 5.74) is 1.14. The van der Waals surface area contributed by atoms with Crippen molar-refractivity contribution in [2.45, 2.75) is 6.92 Å². The van der Waals surface area contributed by atoms with Gasteiger partial charge in [0.25, 0.3) is 0 Å². The van der Waals surface area contributed by atoms with E-state index in [2.05, 4.69) is 10.5 Å². The van der Waals surface area contributed by atoms with Gasteiger partial charge in [0.05, 0.1) is 6.54 Å². The predicted molar refractivity (Wildman–Crippen MR) is 106 cm³/mol. The van der Waals surface area contributed by atoms with Gasteiger partial charge in [0.15, 0.2) is 5.82 Å². The van der Waals surface area contributed by atoms with Crippen molar-refractivity contribution in [1.29, 1.82) is 0 Å². The number of carbonyl (C=O) groups is 2. The Morgan fingerprint density at radius 3 is 2.70 bits per heavy atom. The molecule has 0 spiro atoms. The van der Waals surface area contributed by atoms with Crippen LogP contribution >= 0.6 is 11.3 Å². The lowest BCUT2D eigenvalue weighted by molar-refractivity contribution is -0.129. The van der Waals surface area contributed by atoms with Crippen molar-refractivity contribution in [3.63, 3.8) is 0 Å². The summed E-state index contributed by atoms with van der Waals surface area (Å²) < 4.78 is 4.88. The van der Waals surface area contributed by atoms with E-state index in [1.165, 1.54) is 11.0 Å². The van der Waals surface area contributed by atoms with Crippen LogP contribution in [-0.4, -0.2) is 35.5 Å². The van der Waals surface area contributed by atoms with Gasteiger partial charge in [-0.15, -0.1) is 11.3 Å². The number of nitrogens with zero attached hydrogens (tertiary/aromatic N) is 2. The van der Waals surface area contributed by atoms with E-state index in [-0.39, 0.29) is 18.4 Å². The van der Waals surface area contributed by atoms with Gasteiger partial charge < -0.3 is 14.7 Å². The first kappa shape index (κ1) is 18.6. The van der Waals surface area contributed by atoms with Crippen LogP contribution in [0.4, 0.5) is 5.82 Å². The fraction of sp³-hybridized carbons (Fsp3) is 0.150. The van der Waals surface area contributed by atoms with Crippen molar-refractivity contribution in [1.82, 2.24) is 10.1 Å². The summed E-state index contributed by atoms with van der Waals surface area (Å²) in [5.74, 6) is 0.343.